The highest BCUT2D eigenvalue weighted by molar-refractivity contribution is 7.87. The van der Waals surface area contributed by atoms with Gasteiger partial charge >= 0.3 is 0 Å². The molecule has 7 nitrogen and oxygen atoms in total. The van der Waals surface area contributed by atoms with Crippen LogP contribution in [0.2, 0.25) is 0 Å². The number of pyridine rings is 1. The zero-order valence-electron chi connectivity index (χ0n) is 12.5. The Labute approximate surface area is 126 Å². The average molecular weight is 313 g/mol. The van der Waals surface area contributed by atoms with E-state index in [1.54, 1.807) is 12.4 Å². The maximum Gasteiger partial charge on any atom is 0.279 e. The van der Waals surface area contributed by atoms with Gasteiger partial charge < -0.3 is 10.6 Å². The normalized spacial score (nSPS) is 17.4. The van der Waals surface area contributed by atoms with Crippen LogP contribution in [0.5, 0.6) is 0 Å². The molecule has 21 heavy (non-hydrogen) atoms. The Kier molecular flexibility index (Phi) is 5.02. The molecule has 0 aliphatic carbocycles. The number of rotatable bonds is 5. The molecule has 1 aromatic heterocycles. The minimum Gasteiger partial charge on any atom is -0.396 e. The van der Waals surface area contributed by atoms with Crippen molar-refractivity contribution in [3.05, 3.63) is 18.5 Å². The number of hydrogen-bond acceptors (Lipinski definition) is 5. The van der Waals surface area contributed by atoms with Gasteiger partial charge in [-0.05, 0) is 12.0 Å². The van der Waals surface area contributed by atoms with Crippen molar-refractivity contribution in [2.75, 3.05) is 43.4 Å². The fourth-order valence-electron chi connectivity index (χ4n) is 2.22. The number of nitrogens with zero attached hydrogens (tertiary/aromatic N) is 3. The van der Waals surface area contributed by atoms with Crippen LogP contribution in [0, 0.1) is 5.92 Å². The smallest absolute Gasteiger partial charge is 0.279 e. The largest absolute Gasteiger partial charge is 0.396 e. The van der Waals surface area contributed by atoms with E-state index in [0.29, 0.717) is 38.4 Å². The lowest BCUT2D eigenvalue weighted by molar-refractivity contribution is 0.376. The third kappa shape index (κ3) is 4.05. The van der Waals surface area contributed by atoms with Crippen LogP contribution in [0.1, 0.15) is 13.8 Å². The van der Waals surface area contributed by atoms with E-state index in [0.717, 1.165) is 5.69 Å². The number of piperazine rings is 1. The van der Waals surface area contributed by atoms with Gasteiger partial charge in [0, 0.05) is 38.9 Å². The van der Waals surface area contributed by atoms with E-state index in [1.807, 2.05) is 19.9 Å². The van der Waals surface area contributed by atoms with Crippen LogP contribution in [0.25, 0.3) is 0 Å². The van der Waals surface area contributed by atoms with Crippen LogP contribution < -0.4 is 15.4 Å². The summed E-state index contributed by atoms with van der Waals surface area (Å²) in [6.07, 6.45) is 3.31. The molecule has 0 aromatic carbocycles. The molecule has 0 atom stereocenters. The summed E-state index contributed by atoms with van der Waals surface area (Å²) in [7, 11) is -3.38. The third-order valence-corrected chi connectivity index (χ3v) is 5.00. The quantitative estimate of drug-likeness (QED) is 0.814. The van der Waals surface area contributed by atoms with Crippen LogP contribution in [0.15, 0.2) is 18.5 Å². The SMILES string of the molecule is CC(C)CNS(=O)(=O)N1CCN(c2ccncc2N)CC1. The number of hydrogen-bond donors (Lipinski definition) is 2. The predicted octanol–water partition coefficient (Wildman–Crippen LogP) is 0.276. The highest BCUT2D eigenvalue weighted by Crippen LogP contribution is 2.22. The van der Waals surface area contributed by atoms with Gasteiger partial charge in [-0.2, -0.15) is 12.7 Å². The molecule has 0 spiro atoms. The predicted molar refractivity (Wildman–Crippen MR) is 84.2 cm³/mol. The second kappa shape index (κ2) is 6.59. The van der Waals surface area contributed by atoms with E-state index < -0.39 is 10.2 Å². The fourth-order valence-corrected chi connectivity index (χ4v) is 3.59. The molecule has 0 unspecified atom stereocenters. The molecule has 2 heterocycles. The Morgan fingerprint density at radius 3 is 2.57 bits per heavy atom. The Balaban J connectivity index is 1.96. The number of anilines is 2. The minimum atomic E-state index is -3.38. The lowest BCUT2D eigenvalue weighted by atomic mass is 10.2. The Morgan fingerprint density at radius 1 is 1.33 bits per heavy atom. The first-order valence-electron chi connectivity index (χ1n) is 7.09. The number of nitrogen functional groups attached to an aromatic ring is 1. The molecule has 0 bridgehead atoms. The zero-order chi connectivity index (χ0) is 15.5. The summed E-state index contributed by atoms with van der Waals surface area (Å²) < 4.78 is 28.5. The molecule has 0 amide bonds. The second-order valence-corrected chi connectivity index (χ2v) is 7.32. The molecule has 118 valence electrons. The van der Waals surface area contributed by atoms with E-state index in [9.17, 15) is 8.42 Å². The molecule has 1 aromatic rings. The molecule has 3 N–H and O–H groups in total. The summed E-state index contributed by atoms with van der Waals surface area (Å²) in [5.74, 6) is 0.290. The van der Waals surface area contributed by atoms with Crippen LogP contribution in [0.4, 0.5) is 11.4 Å². The van der Waals surface area contributed by atoms with E-state index in [2.05, 4.69) is 14.6 Å². The monoisotopic (exact) mass is 313 g/mol. The van der Waals surface area contributed by atoms with E-state index in [4.69, 9.17) is 5.73 Å². The van der Waals surface area contributed by atoms with Crippen molar-refractivity contribution in [2.24, 2.45) is 5.92 Å². The summed E-state index contributed by atoms with van der Waals surface area (Å²) in [5.41, 5.74) is 7.44. The van der Waals surface area contributed by atoms with Gasteiger partial charge in [0.2, 0.25) is 0 Å². The second-order valence-electron chi connectivity index (χ2n) is 5.57. The molecule has 8 heteroatoms. The van der Waals surface area contributed by atoms with Crippen molar-refractivity contribution in [3.8, 4) is 0 Å². The summed E-state index contributed by atoms with van der Waals surface area (Å²) >= 11 is 0. The highest BCUT2D eigenvalue weighted by Gasteiger charge is 2.27. The molecule has 0 saturated carbocycles. The van der Waals surface area contributed by atoms with E-state index >= 15 is 0 Å². The number of nitrogens with two attached hydrogens (primary N) is 1. The molecule has 1 fully saturated rings. The summed E-state index contributed by atoms with van der Waals surface area (Å²) in [6, 6.07) is 1.86. The van der Waals surface area contributed by atoms with Crippen LogP contribution in [-0.2, 0) is 10.2 Å². The topological polar surface area (TPSA) is 91.6 Å². The van der Waals surface area contributed by atoms with Gasteiger partial charge in [0.15, 0.2) is 0 Å². The van der Waals surface area contributed by atoms with Crippen molar-refractivity contribution in [1.29, 1.82) is 0 Å². The van der Waals surface area contributed by atoms with Crippen molar-refractivity contribution in [3.63, 3.8) is 0 Å². The minimum absolute atomic E-state index is 0.290. The van der Waals surface area contributed by atoms with Crippen LogP contribution >= 0.6 is 0 Å². The Bertz CT molecular complexity index is 568. The number of nitrogens with one attached hydrogen (secondary N) is 1. The molecule has 1 aliphatic heterocycles. The lowest BCUT2D eigenvalue weighted by Crippen LogP contribution is -2.52. The maximum atomic E-state index is 12.2. The third-order valence-electron chi connectivity index (χ3n) is 3.42. The van der Waals surface area contributed by atoms with Crippen molar-refractivity contribution < 1.29 is 8.42 Å². The lowest BCUT2D eigenvalue weighted by Gasteiger charge is -2.35. The van der Waals surface area contributed by atoms with Gasteiger partial charge in [-0.25, -0.2) is 4.72 Å². The first kappa shape index (κ1) is 16.0. The first-order chi connectivity index (χ1) is 9.90. The Hall–Kier alpha value is -1.38. The standard InChI is InChI=1S/C13H23N5O2S/c1-11(2)9-16-21(19,20)18-7-5-17(6-8-18)13-3-4-15-10-12(13)14/h3-4,10-11,16H,5-9,14H2,1-2H3. The average Bonchev–Trinajstić information content (AvgIpc) is 2.46. The van der Waals surface area contributed by atoms with Crippen LogP contribution in [-0.4, -0.2) is 50.4 Å². The molecule has 2 rings (SSSR count). The molecule has 0 radical (unpaired) electrons. The van der Waals surface area contributed by atoms with Gasteiger partial charge in [0.1, 0.15) is 0 Å². The van der Waals surface area contributed by atoms with E-state index in [-0.39, 0.29) is 5.92 Å². The maximum absolute atomic E-state index is 12.2. The van der Waals surface area contributed by atoms with Crippen LogP contribution in [0.3, 0.4) is 0 Å². The zero-order valence-corrected chi connectivity index (χ0v) is 13.3. The van der Waals surface area contributed by atoms with Crippen molar-refractivity contribution >= 4 is 21.6 Å². The van der Waals surface area contributed by atoms with Gasteiger partial charge in [0.05, 0.1) is 17.6 Å². The summed E-state index contributed by atoms with van der Waals surface area (Å²) in [4.78, 5) is 6.06. The molecular weight excluding hydrogens is 290 g/mol. The summed E-state index contributed by atoms with van der Waals surface area (Å²) in [5, 5.41) is 0. The van der Waals surface area contributed by atoms with Crippen molar-refractivity contribution in [1.82, 2.24) is 14.0 Å². The first-order valence-corrected chi connectivity index (χ1v) is 8.53. The molecular formula is C13H23N5O2S. The van der Waals surface area contributed by atoms with Crippen molar-refractivity contribution in [2.45, 2.75) is 13.8 Å². The fraction of sp³-hybridized carbons (Fsp3) is 0.615. The van der Waals surface area contributed by atoms with Gasteiger partial charge in [-0.15, -0.1) is 0 Å². The van der Waals surface area contributed by atoms with Gasteiger partial charge in [-0.1, -0.05) is 13.8 Å². The van der Waals surface area contributed by atoms with Gasteiger partial charge in [0.25, 0.3) is 10.2 Å². The molecule has 1 saturated heterocycles. The number of aromatic nitrogens is 1. The molecule has 1 aliphatic rings. The Morgan fingerprint density at radius 2 is 2.00 bits per heavy atom. The highest BCUT2D eigenvalue weighted by atomic mass is 32.2. The summed E-state index contributed by atoms with van der Waals surface area (Å²) in [6.45, 7) is 6.57. The van der Waals surface area contributed by atoms with E-state index in [1.165, 1.54) is 4.31 Å². The van der Waals surface area contributed by atoms with Gasteiger partial charge in [-0.3, -0.25) is 4.98 Å².